The van der Waals surface area contributed by atoms with Gasteiger partial charge in [-0.05, 0) is 69.1 Å². The van der Waals surface area contributed by atoms with Crippen molar-refractivity contribution in [2.75, 3.05) is 13.1 Å². The third kappa shape index (κ3) is 4.55. The monoisotopic (exact) mass is 423 g/mol. The van der Waals surface area contributed by atoms with Crippen molar-refractivity contribution in [1.29, 1.82) is 0 Å². The molecule has 1 aliphatic rings. The number of carbonyl (C=O) groups is 1. The van der Waals surface area contributed by atoms with Gasteiger partial charge in [0.25, 0.3) is 0 Å². The molecule has 0 bridgehead atoms. The van der Waals surface area contributed by atoms with E-state index in [4.69, 9.17) is 5.11 Å². The number of rotatable bonds is 5. The van der Waals surface area contributed by atoms with E-state index in [1.54, 1.807) is 11.3 Å². The Morgan fingerprint density at radius 2 is 2.35 bits per heavy atom. The predicted octanol–water partition coefficient (Wildman–Crippen LogP) is 4.60. The lowest BCUT2D eigenvalue weighted by Crippen LogP contribution is -2.37. The van der Waals surface area contributed by atoms with Crippen LogP contribution in [0.25, 0.3) is 0 Å². The third-order valence-corrected chi connectivity index (χ3v) is 7.16. The van der Waals surface area contributed by atoms with E-state index in [0.29, 0.717) is 5.92 Å². The summed E-state index contributed by atoms with van der Waals surface area (Å²) in [7, 11) is 0. The minimum absolute atomic E-state index is 0.261. The zero-order chi connectivity index (χ0) is 14.7. The predicted molar refractivity (Wildman–Crippen MR) is 89.1 cm³/mol. The highest BCUT2D eigenvalue weighted by Gasteiger charge is 2.26. The van der Waals surface area contributed by atoms with E-state index in [1.807, 2.05) is 0 Å². The number of nitrogens with zero attached hydrogens (tertiary/aromatic N) is 1. The molecule has 6 heteroatoms. The Morgan fingerprint density at radius 3 is 2.95 bits per heavy atom. The summed E-state index contributed by atoms with van der Waals surface area (Å²) in [6.07, 6.45) is 2.61. The lowest BCUT2D eigenvalue weighted by Gasteiger charge is -2.35. The van der Waals surface area contributed by atoms with Gasteiger partial charge in [0.2, 0.25) is 0 Å². The highest BCUT2D eigenvalue weighted by Crippen LogP contribution is 2.34. The van der Waals surface area contributed by atoms with Crippen LogP contribution in [0.5, 0.6) is 0 Å². The molecule has 1 aromatic heterocycles. The second kappa shape index (κ2) is 7.38. The number of likely N-dealkylation sites (tertiary alicyclic amines) is 1. The van der Waals surface area contributed by atoms with E-state index in [-0.39, 0.29) is 12.3 Å². The van der Waals surface area contributed by atoms with Gasteiger partial charge >= 0.3 is 5.97 Å². The Bertz CT molecular complexity index is 458. The minimum Gasteiger partial charge on any atom is -0.481 e. The molecule has 2 unspecified atom stereocenters. The molecule has 0 radical (unpaired) electrons. The Kier molecular flexibility index (Phi) is 6.08. The average Bonchev–Trinajstić information content (AvgIpc) is 2.67. The quantitative estimate of drug-likeness (QED) is 0.750. The zero-order valence-corrected chi connectivity index (χ0v) is 15.4. The molecule has 2 atom stereocenters. The van der Waals surface area contributed by atoms with Crippen LogP contribution in [0.2, 0.25) is 0 Å². The molecule has 1 saturated heterocycles. The Balaban J connectivity index is 1.91. The topological polar surface area (TPSA) is 40.5 Å². The average molecular weight is 425 g/mol. The maximum absolute atomic E-state index is 10.8. The number of hydrogen-bond donors (Lipinski definition) is 1. The molecule has 0 aromatic carbocycles. The van der Waals surface area contributed by atoms with E-state index < -0.39 is 5.97 Å². The molecular formula is C14H19Br2NO2S. The highest BCUT2D eigenvalue weighted by atomic mass is 79.9. The maximum Gasteiger partial charge on any atom is 0.303 e. The largest absolute Gasteiger partial charge is 0.481 e. The number of carboxylic acids is 1. The molecule has 1 fully saturated rings. The highest BCUT2D eigenvalue weighted by molar-refractivity contribution is 9.13. The van der Waals surface area contributed by atoms with E-state index in [2.05, 4.69) is 49.7 Å². The van der Waals surface area contributed by atoms with Crippen molar-refractivity contribution in [1.82, 2.24) is 4.90 Å². The smallest absolute Gasteiger partial charge is 0.303 e. The van der Waals surface area contributed by atoms with E-state index in [9.17, 15) is 4.79 Å². The van der Waals surface area contributed by atoms with Crippen molar-refractivity contribution in [3.05, 3.63) is 19.2 Å². The molecule has 0 spiro atoms. The van der Waals surface area contributed by atoms with Crippen LogP contribution >= 0.6 is 43.2 Å². The molecule has 3 nitrogen and oxygen atoms in total. The van der Waals surface area contributed by atoms with Crippen LogP contribution in [-0.2, 0) is 11.3 Å². The first kappa shape index (κ1) is 16.5. The first-order valence-corrected chi connectivity index (χ1v) is 9.24. The lowest BCUT2D eigenvalue weighted by molar-refractivity contribution is -0.138. The van der Waals surface area contributed by atoms with Crippen molar-refractivity contribution < 1.29 is 9.90 Å². The number of thiophene rings is 1. The summed E-state index contributed by atoms with van der Waals surface area (Å²) >= 11 is 8.82. The summed E-state index contributed by atoms with van der Waals surface area (Å²) in [4.78, 5) is 14.6. The number of carboxylic acid groups (broad SMARTS) is 1. The summed E-state index contributed by atoms with van der Waals surface area (Å²) in [5.74, 6) is 0.0875. The SMILES string of the molecule is CC(CC(=O)O)C1CCCN(Cc2cc(Br)c(Br)s2)C1. The molecular weight excluding hydrogens is 406 g/mol. The van der Waals surface area contributed by atoms with E-state index in [1.165, 1.54) is 11.3 Å². The van der Waals surface area contributed by atoms with Crippen LogP contribution in [0.1, 0.15) is 31.1 Å². The van der Waals surface area contributed by atoms with Crippen molar-refractivity contribution in [2.24, 2.45) is 11.8 Å². The summed E-state index contributed by atoms with van der Waals surface area (Å²) in [6.45, 7) is 5.16. The molecule has 0 aliphatic carbocycles. The Labute approximate surface area is 140 Å². The van der Waals surface area contributed by atoms with Gasteiger partial charge in [0, 0.05) is 28.9 Å². The number of halogens is 2. The summed E-state index contributed by atoms with van der Waals surface area (Å²) in [5.41, 5.74) is 0. The van der Waals surface area contributed by atoms with Crippen molar-refractivity contribution in [3.63, 3.8) is 0 Å². The molecule has 20 heavy (non-hydrogen) atoms. The molecule has 1 N–H and O–H groups in total. The fourth-order valence-electron chi connectivity index (χ4n) is 2.83. The van der Waals surface area contributed by atoms with Crippen LogP contribution in [0.4, 0.5) is 0 Å². The van der Waals surface area contributed by atoms with Crippen LogP contribution in [0.15, 0.2) is 14.3 Å². The summed E-state index contributed by atoms with van der Waals surface area (Å²) in [6, 6.07) is 2.17. The van der Waals surface area contributed by atoms with Crippen molar-refractivity contribution >= 4 is 49.2 Å². The molecule has 1 aliphatic heterocycles. The molecule has 1 aromatic rings. The Morgan fingerprint density at radius 1 is 1.60 bits per heavy atom. The standard InChI is InChI=1S/C14H19Br2NO2S/c1-9(5-13(18)19)10-3-2-4-17(7-10)8-11-6-12(15)14(16)20-11/h6,9-10H,2-5,7-8H2,1H3,(H,18,19). The minimum atomic E-state index is -0.680. The number of piperidine rings is 1. The van der Waals surface area contributed by atoms with Gasteiger partial charge in [-0.2, -0.15) is 0 Å². The third-order valence-electron chi connectivity index (χ3n) is 3.92. The first-order chi connectivity index (χ1) is 9.45. The lowest BCUT2D eigenvalue weighted by atomic mass is 9.84. The molecule has 2 heterocycles. The molecule has 0 saturated carbocycles. The van der Waals surface area contributed by atoms with Gasteiger partial charge in [0.15, 0.2) is 0 Å². The van der Waals surface area contributed by atoms with Gasteiger partial charge in [-0.15, -0.1) is 11.3 Å². The van der Waals surface area contributed by atoms with Gasteiger partial charge in [0.05, 0.1) is 3.79 Å². The number of hydrogen-bond acceptors (Lipinski definition) is 3. The van der Waals surface area contributed by atoms with Crippen LogP contribution in [-0.4, -0.2) is 29.1 Å². The van der Waals surface area contributed by atoms with Gasteiger partial charge in [-0.25, -0.2) is 0 Å². The van der Waals surface area contributed by atoms with Gasteiger partial charge in [0.1, 0.15) is 0 Å². The van der Waals surface area contributed by atoms with Gasteiger partial charge in [-0.3, -0.25) is 9.69 Å². The van der Waals surface area contributed by atoms with Crippen molar-refractivity contribution in [2.45, 2.75) is 32.7 Å². The van der Waals surface area contributed by atoms with Crippen molar-refractivity contribution in [3.8, 4) is 0 Å². The summed E-state index contributed by atoms with van der Waals surface area (Å²) in [5, 5.41) is 8.93. The van der Waals surface area contributed by atoms with Gasteiger partial charge < -0.3 is 5.11 Å². The Hall–Kier alpha value is 0.0900. The fourth-order valence-corrected chi connectivity index (χ4v) is 5.05. The second-order valence-corrected chi connectivity index (χ2v) is 8.86. The zero-order valence-electron chi connectivity index (χ0n) is 11.4. The number of aliphatic carboxylic acids is 1. The van der Waals surface area contributed by atoms with Crippen LogP contribution < -0.4 is 0 Å². The maximum atomic E-state index is 10.8. The van der Waals surface area contributed by atoms with E-state index in [0.717, 1.165) is 34.3 Å². The molecule has 2 rings (SSSR count). The molecule has 0 amide bonds. The van der Waals surface area contributed by atoms with E-state index >= 15 is 0 Å². The van der Waals surface area contributed by atoms with Crippen LogP contribution in [0.3, 0.4) is 0 Å². The van der Waals surface area contributed by atoms with Crippen LogP contribution in [0, 0.1) is 11.8 Å². The van der Waals surface area contributed by atoms with Gasteiger partial charge in [-0.1, -0.05) is 6.92 Å². The molecule has 112 valence electrons. The summed E-state index contributed by atoms with van der Waals surface area (Å²) < 4.78 is 2.26. The fraction of sp³-hybridized carbons (Fsp3) is 0.643. The normalized spacial score (nSPS) is 21.9. The first-order valence-electron chi connectivity index (χ1n) is 6.83. The second-order valence-electron chi connectivity index (χ2n) is 5.55.